The number of nitrogens with two attached hydrogens (primary N) is 1. The normalized spacial score (nSPS) is 11.6. The van der Waals surface area contributed by atoms with Crippen LogP contribution in [0.15, 0.2) is 0 Å². The summed E-state index contributed by atoms with van der Waals surface area (Å²) in [5.41, 5.74) is 6.48. The number of carbonyl (C=O) groups excluding carboxylic acids is 3. The lowest BCUT2D eigenvalue weighted by molar-refractivity contribution is -0.117. The van der Waals surface area contributed by atoms with E-state index < -0.39 is 5.91 Å². The maximum absolute atomic E-state index is 12.2. The van der Waals surface area contributed by atoms with E-state index >= 15 is 0 Å². The second-order valence-corrected chi connectivity index (χ2v) is 9.39. The predicted octanol–water partition coefficient (Wildman–Crippen LogP) is 1.66. The highest BCUT2D eigenvalue weighted by molar-refractivity contribution is 7.25. The third-order valence-corrected chi connectivity index (χ3v) is 6.12. The van der Waals surface area contributed by atoms with Gasteiger partial charge in [0.1, 0.15) is 11.0 Å². The summed E-state index contributed by atoms with van der Waals surface area (Å²) >= 11 is 8.73. The minimum Gasteiger partial charge on any atom is -0.366 e. The lowest BCUT2D eigenvalue weighted by Gasteiger charge is -2.07. The number of rotatable bonds is 7. The highest BCUT2D eigenvalue weighted by Crippen LogP contribution is 2.43. The lowest BCUT2D eigenvalue weighted by atomic mass is 10.2. The molecule has 2 aromatic heterocycles. The SMILES string of the molecule is CN(C)CC(=O)Nc1nc2c(Cl)c3nc(NC(=O)CN(C)C)sc3c(C(N)=O)c2s1. The van der Waals surface area contributed by atoms with Crippen molar-refractivity contribution in [2.75, 3.05) is 51.9 Å². The molecule has 0 unspecified atom stereocenters. The van der Waals surface area contributed by atoms with Gasteiger partial charge in [0.15, 0.2) is 10.3 Å². The molecule has 1 aromatic carbocycles. The molecule has 2 heterocycles. The van der Waals surface area contributed by atoms with Crippen LogP contribution in [0.1, 0.15) is 10.4 Å². The van der Waals surface area contributed by atoms with Crippen LogP contribution in [0.4, 0.5) is 10.3 Å². The molecule has 160 valence electrons. The molecule has 0 spiro atoms. The Labute approximate surface area is 185 Å². The van der Waals surface area contributed by atoms with E-state index in [0.717, 1.165) is 22.7 Å². The van der Waals surface area contributed by atoms with E-state index in [-0.39, 0.29) is 35.5 Å². The monoisotopic (exact) mass is 469 g/mol. The van der Waals surface area contributed by atoms with E-state index in [0.29, 0.717) is 30.7 Å². The minimum absolute atomic E-state index is 0.180. The molecular weight excluding hydrogens is 450 g/mol. The Morgan fingerprint density at radius 2 is 1.30 bits per heavy atom. The second kappa shape index (κ2) is 8.78. The quantitative estimate of drug-likeness (QED) is 0.479. The van der Waals surface area contributed by atoms with Gasteiger partial charge < -0.3 is 26.2 Å². The van der Waals surface area contributed by atoms with Gasteiger partial charge in [-0.3, -0.25) is 14.4 Å². The standard InChI is InChI=1S/C17H20ClN7O3S2/c1-24(2)5-7(26)20-16-22-11-10(18)12-14(9(15(19)28)13(11)29-16)30-17(23-12)21-8(27)6-25(3)4/h5-6H2,1-4H3,(H2,19,28)(H,20,22,26)(H,21,23,27). The van der Waals surface area contributed by atoms with Crippen LogP contribution in [0.25, 0.3) is 20.4 Å². The van der Waals surface area contributed by atoms with Gasteiger partial charge in [0, 0.05) is 0 Å². The number of hydrogen-bond acceptors (Lipinski definition) is 9. The average Bonchev–Trinajstić information content (AvgIpc) is 3.17. The first kappa shape index (κ1) is 22.3. The molecule has 30 heavy (non-hydrogen) atoms. The maximum atomic E-state index is 12.2. The fourth-order valence-electron chi connectivity index (χ4n) is 2.71. The molecule has 0 aliphatic rings. The van der Waals surface area contributed by atoms with Crippen molar-refractivity contribution in [2.24, 2.45) is 5.73 Å². The summed E-state index contributed by atoms with van der Waals surface area (Å²) < 4.78 is 0.907. The Kier molecular flexibility index (Phi) is 6.53. The van der Waals surface area contributed by atoms with Crippen LogP contribution in [-0.4, -0.2) is 78.8 Å². The number of hydrogen-bond donors (Lipinski definition) is 3. The zero-order valence-electron chi connectivity index (χ0n) is 16.7. The average molecular weight is 470 g/mol. The Morgan fingerprint density at radius 3 is 1.63 bits per heavy atom. The largest absolute Gasteiger partial charge is 0.366 e. The van der Waals surface area contributed by atoms with Crippen molar-refractivity contribution in [2.45, 2.75) is 0 Å². The topological polar surface area (TPSA) is 134 Å². The second-order valence-electron chi connectivity index (χ2n) is 7.02. The fourth-order valence-corrected chi connectivity index (χ4v) is 5.25. The third-order valence-electron chi connectivity index (χ3n) is 3.78. The molecule has 0 bridgehead atoms. The van der Waals surface area contributed by atoms with Gasteiger partial charge in [0.2, 0.25) is 11.8 Å². The first-order chi connectivity index (χ1) is 14.1. The van der Waals surface area contributed by atoms with Gasteiger partial charge in [-0.1, -0.05) is 34.3 Å². The van der Waals surface area contributed by atoms with Crippen molar-refractivity contribution in [3.8, 4) is 0 Å². The first-order valence-corrected chi connectivity index (χ1v) is 10.7. The smallest absolute Gasteiger partial charge is 0.251 e. The summed E-state index contributed by atoms with van der Waals surface area (Å²) in [6, 6.07) is 0. The molecular formula is C17H20ClN7O3S2. The molecule has 0 aliphatic heterocycles. The summed E-state index contributed by atoms with van der Waals surface area (Å²) in [6.07, 6.45) is 0. The highest BCUT2D eigenvalue weighted by atomic mass is 35.5. The molecule has 3 amide bonds. The molecule has 0 saturated carbocycles. The van der Waals surface area contributed by atoms with Gasteiger partial charge >= 0.3 is 0 Å². The number of thiazole rings is 2. The van der Waals surface area contributed by atoms with E-state index in [9.17, 15) is 14.4 Å². The number of nitrogens with zero attached hydrogens (tertiary/aromatic N) is 4. The summed E-state index contributed by atoms with van der Waals surface area (Å²) in [5.74, 6) is -1.17. The lowest BCUT2D eigenvalue weighted by Crippen LogP contribution is -2.26. The molecule has 4 N–H and O–H groups in total. The van der Waals surface area contributed by atoms with Crippen molar-refractivity contribution >= 4 is 82.7 Å². The number of aromatic nitrogens is 2. The first-order valence-electron chi connectivity index (χ1n) is 8.68. The van der Waals surface area contributed by atoms with Crippen LogP contribution >= 0.6 is 34.3 Å². The fraction of sp³-hybridized carbons (Fsp3) is 0.353. The number of anilines is 2. The Bertz CT molecular complexity index is 1080. The van der Waals surface area contributed by atoms with Crippen LogP contribution in [0.5, 0.6) is 0 Å². The summed E-state index contributed by atoms with van der Waals surface area (Å²) in [7, 11) is 7.09. The van der Waals surface area contributed by atoms with Crippen molar-refractivity contribution < 1.29 is 14.4 Å². The Hall–Kier alpha value is -2.38. The molecule has 3 rings (SSSR count). The van der Waals surface area contributed by atoms with Crippen molar-refractivity contribution in [3.63, 3.8) is 0 Å². The summed E-state index contributed by atoms with van der Waals surface area (Å²) in [6.45, 7) is 0.359. The number of carbonyl (C=O) groups is 3. The van der Waals surface area contributed by atoms with Crippen LogP contribution in [-0.2, 0) is 9.59 Å². The maximum Gasteiger partial charge on any atom is 0.251 e. The number of halogens is 1. The number of benzene rings is 1. The van der Waals surface area contributed by atoms with Crippen LogP contribution < -0.4 is 16.4 Å². The van der Waals surface area contributed by atoms with E-state index in [1.54, 1.807) is 38.0 Å². The summed E-state index contributed by atoms with van der Waals surface area (Å²) in [5, 5.41) is 6.22. The molecule has 0 saturated heterocycles. The molecule has 3 aromatic rings. The molecule has 0 fully saturated rings. The van der Waals surface area contributed by atoms with Gasteiger partial charge in [-0.25, -0.2) is 9.97 Å². The number of nitrogens with one attached hydrogen (secondary N) is 2. The number of likely N-dealkylation sites (N-methyl/N-ethyl adjacent to an activating group) is 2. The van der Waals surface area contributed by atoms with Gasteiger partial charge in [0.25, 0.3) is 5.91 Å². The van der Waals surface area contributed by atoms with Crippen LogP contribution in [0, 0.1) is 0 Å². The Balaban J connectivity index is 2.07. The molecule has 0 radical (unpaired) electrons. The van der Waals surface area contributed by atoms with E-state index in [4.69, 9.17) is 17.3 Å². The number of amides is 3. The molecule has 10 nitrogen and oxygen atoms in total. The zero-order valence-corrected chi connectivity index (χ0v) is 19.1. The van der Waals surface area contributed by atoms with E-state index in [1.165, 1.54) is 0 Å². The zero-order chi connectivity index (χ0) is 22.2. The van der Waals surface area contributed by atoms with Crippen LogP contribution in [0.3, 0.4) is 0 Å². The molecule has 13 heteroatoms. The van der Waals surface area contributed by atoms with Gasteiger partial charge in [-0.05, 0) is 28.2 Å². The van der Waals surface area contributed by atoms with Crippen molar-refractivity contribution in [1.82, 2.24) is 19.8 Å². The minimum atomic E-state index is -0.675. The van der Waals surface area contributed by atoms with Gasteiger partial charge in [0.05, 0.1) is 33.1 Å². The molecule has 0 aliphatic carbocycles. The highest BCUT2D eigenvalue weighted by Gasteiger charge is 2.24. The van der Waals surface area contributed by atoms with E-state index in [2.05, 4.69) is 20.6 Å². The van der Waals surface area contributed by atoms with Crippen LogP contribution in [0.2, 0.25) is 5.02 Å². The Morgan fingerprint density at radius 1 is 0.900 bits per heavy atom. The molecule has 0 atom stereocenters. The van der Waals surface area contributed by atoms with Gasteiger partial charge in [-0.2, -0.15) is 0 Å². The van der Waals surface area contributed by atoms with Crippen molar-refractivity contribution in [3.05, 3.63) is 10.6 Å². The number of fused-ring (bicyclic) bond motifs is 2. The number of primary amides is 1. The van der Waals surface area contributed by atoms with Crippen molar-refractivity contribution in [1.29, 1.82) is 0 Å². The third kappa shape index (κ3) is 4.68. The summed E-state index contributed by atoms with van der Waals surface area (Å²) in [4.78, 5) is 48.5. The van der Waals surface area contributed by atoms with Gasteiger partial charge in [-0.15, -0.1) is 0 Å². The van der Waals surface area contributed by atoms with E-state index in [1.807, 2.05) is 0 Å². The predicted molar refractivity (Wildman–Crippen MR) is 121 cm³/mol.